The SMILES string of the molecule is Nc1ccc(-c2cc(-c3ccc(=O)n(C4CC4)c3)cs2)c(Cl)c1. The molecule has 0 radical (unpaired) electrons. The quantitative estimate of drug-likeness (QED) is 0.694. The van der Waals surface area contributed by atoms with E-state index in [9.17, 15) is 4.79 Å². The summed E-state index contributed by atoms with van der Waals surface area (Å²) < 4.78 is 1.85. The van der Waals surface area contributed by atoms with Gasteiger partial charge in [-0.1, -0.05) is 17.7 Å². The van der Waals surface area contributed by atoms with Crippen molar-refractivity contribution in [2.24, 2.45) is 0 Å². The maximum atomic E-state index is 11.9. The fraction of sp³-hybridized carbons (Fsp3) is 0.167. The highest BCUT2D eigenvalue weighted by molar-refractivity contribution is 7.14. The van der Waals surface area contributed by atoms with E-state index in [0.717, 1.165) is 34.4 Å². The third-order valence-corrected chi connectivity index (χ3v) is 5.35. The highest BCUT2D eigenvalue weighted by Gasteiger charge is 2.24. The Labute approximate surface area is 143 Å². The first kappa shape index (κ1) is 14.5. The number of benzene rings is 1. The molecule has 0 bridgehead atoms. The molecule has 1 saturated carbocycles. The standard InChI is InChI=1S/C18H15ClN2OS/c19-16-8-13(20)2-5-15(16)17-7-12(10-23-17)11-1-6-18(22)21(9-11)14-3-4-14/h1-2,5-10,14H,3-4,20H2. The van der Waals surface area contributed by atoms with E-state index in [2.05, 4.69) is 11.4 Å². The molecule has 2 N–H and O–H groups in total. The van der Waals surface area contributed by atoms with Crippen molar-refractivity contribution in [2.75, 3.05) is 5.73 Å². The van der Waals surface area contributed by atoms with Gasteiger partial charge in [0, 0.05) is 34.4 Å². The molecule has 116 valence electrons. The number of aromatic nitrogens is 1. The maximum absolute atomic E-state index is 11.9. The molecule has 0 saturated heterocycles. The molecule has 5 heteroatoms. The van der Waals surface area contributed by atoms with Gasteiger partial charge in [0.15, 0.2) is 0 Å². The Hall–Kier alpha value is -2.04. The van der Waals surface area contributed by atoms with Crippen LogP contribution < -0.4 is 11.3 Å². The Bertz CT molecular complexity index is 940. The number of rotatable bonds is 3. The molecule has 2 aromatic heterocycles. The smallest absolute Gasteiger partial charge is 0.250 e. The van der Waals surface area contributed by atoms with Crippen molar-refractivity contribution in [2.45, 2.75) is 18.9 Å². The van der Waals surface area contributed by atoms with E-state index in [1.807, 2.05) is 29.0 Å². The Kier molecular flexibility index (Phi) is 3.51. The van der Waals surface area contributed by atoms with Crippen LogP contribution in [0.1, 0.15) is 18.9 Å². The highest BCUT2D eigenvalue weighted by Crippen LogP contribution is 2.38. The lowest BCUT2D eigenvalue weighted by atomic mass is 10.1. The van der Waals surface area contributed by atoms with Gasteiger partial charge in [-0.3, -0.25) is 4.79 Å². The summed E-state index contributed by atoms with van der Waals surface area (Å²) in [7, 11) is 0. The van der Waals surface area contributed by atoms with E-state index < -0.39 is 0 Å². The minimum absolute atomic E-state index is 0.0771. The molecule has 0 atom stereocenters. The van der Waals surface area contributed by atoms with Crippen molar-refractivity contribution in [3.63, 3.8) is 0 Å². The second-order valence-corrected chi connectivity index (χ2v) is 7.15. The van der Waals surface area contributed by atoms with E-state index in [1.165, 1.54) is 0 Å². The summed E-state index contributed by atoms with van der Waals surface area (Å²) in [6, 6.07) is 11.6. The van der Waals surface area contributed by atoms with Crippen molar-refractivity contribution in [1.82, 2.24) is 4.57 Å². The van der Waals surface area contributed by atoms with Crippen molar-refractivity contribution in [1.29, 1.82) is 0 Å². The Morgan fingerprint density at radius 3 is 2.70 bits per heavy atom. The van der Waals surface area contributed by atoms with Crippen LogP contribution in [0.15, 0.2) is 52.8 Å². The molecule has 1 aromatic carbocycles. The number of nitrogens with two attached hydrogens (primary N) is 1. The van der Waals surface area contributed by atoms with Gasteiger partial charge in [0.05, 0.1) is 5.02 Å². The summed E-state index contributed by atoms with van der Waals surface area (Å²) in [6.45, 7) is 0. The van der Waals surface area contributed by atoms with Gasteiger partial charge in [0.1, 0.15) is 0 Å². The number of thiophene rings is 1. The zero-order valence-electron chi connectivity index (χ0n) is 12.3. The summed E-state index contributed by atoms with van der Waals surface area (Å²) in [5, 5.41) is 2.75. The fourth-order valence-electron chi connectivity index (χ4n) is 2.67. The van der Waals surface area contributed by atoms with E-state index >= 15 is 0 Å². The molecule has 23 heavy (non-hydrogen) atoms. The molecule has 1 aliphatic rings. The molecule has 0 unspecified atom stereocenters. The summed E-state index contributed by atoms with van der Waals surface area (Å²) in [5.41, 5.74) is 9.63. The van der Waals surface area contributed by atoms with E-state index in [1.54, 1.807) is 23.5 Å². The minimum atomic E-state index is 0.0771. The van der Waals surface area contributed by atoms with Crippen molar-refractivity contribution in [3.8, 4) is 21.6 Å². The molecular formula is C18H15ClN2OS. The molecule has 0 aliphatic heterocycles. The lowest BCUT2D eigenvalue weighted by Gasteiger charge is -2.05. The molecule has 1 fully saturated rings. The first-order valence-electron chi connectivity index (χ1n) is 7.48. The second kappa shape index (κ2) is 5.55. The predicted octanol–water partition coefficient (Wildman–Crippen LogP) is 4.81. The van der Waals surface area contributed by atoms with Gasteiger partial charge in [-0.2, -0.15) is 0 Å². The van der Waals surface area contributed by atoms with Crippen LogP contribution in [0, 0.1) is 0 Å². The fourth-order valence-corrected chi connectivity index (χ4v) is 3.98. The number of nitrogens with zero attached hydrogens (tertiary/aromatic N) is 1. The monoisotopic (exact) mass is 342 g/mol. The van der Waals surface area contributed by atoms with E-state index in [0.29, 0.717) is 16.8 Å². The number of halogens is 1. The zero-order chi connectivity index (χ0) is 16.0. The molecule has 0 amide bonds. The third kappa shape index (κ3) is 2.80. The average Bonchev–Trinajstić information content (AvgIpc) is 3.25. The van der Waals surface area contributed by atoms with Gasteiger partial charge in [-0.25, -0.2) is 0 Å². The van der Waals surface area contributed by atoms with Gasteiger partial charge in [-0.15, -0.1) is 11.3 Å². The lowest BCUT2D eigenvalue weighted by molar-refractivity contribution is 0.708. The van der Waals surface area contributed by atoms with Crippen molar-refractivity contribution in [3.05, 3.63) is 63.4 Å². The maximum Gasteiger partial charge on any atom is 0.250 e. The van der Waals surface area contributed by atoms with Gasteiger partial charge in [0.2, 0.25) is 0 Å². The molecule has 0 spiro atoms. The van der Waals surface area contributed by atoms with Crippen LogP contribution in [0.2, 0.25) is 5.02 Å². The second-order valence-electron chi connectivity index (χ2n) is 5.83. The van der Waals surface area contributed by atoms with Gasteiger partial charge < -0.3 is 10.3 Å². The summed E-state index contributed by atoms with van der Waals surface area (Å²) in [6.07, 6.45) is 4.16. The number of pyridine rings is 1. The molecule has 3 nitrogen and oxygen atoms in total. The van der Waals surface area contributed by atoms with E-state index in [4.69, 9.17) is 17.3 Å². The average molecular weight is 343 g/mol. The molecule has 4 rings (SSSR count). The Balaban J connectivity index is 1.73. The van der Waals surface area contributed by atoms with Gasteiger partial charge in [-0.05, 0) is 53.6 Å². The highest BCUT2D eigenvalue weighted by atomic mass is 35.5. The first-order valence-corrected chi connectivity index (χ1v) is 8.74. The first-order chi connectivity index (χ1) is 11.1. The minimum Gasteiger partial charge on any atom is -0.399 e. The molecule has 3 aromatic rings. The summed E-state index contributed by atoms with van der Waals surface area (Å²) in [5.74, 6) is 0. The van der Waals surface area contributed by atoms with Crippen LogP contribution in [0.5, 0.6) is 0 Å². The normalized spacial score (nSPS) is 14.1. The van der Waals surface area contributed by atoms with Crippen molar-refractivity contribution >= 4 is 28.6 Å². The Morgan fingerprint density at radius 2 is 1.96 bits per heavy atom. The molecule has 1 aliphatic carbocycles. The number of nitrogen functional groups attached to an aromatic ring is 1. The Morgan fingerprint density at radius 1 is 1.13 bits per heavy atom. The largest absolute Gasteiger partial charge is 0.399 e. The van der Waals surface area contributed by atoms with Crippen LogP contribution >= 0.6 is 22.9 Å². The van der Waals surface area contributed by atoms with Gasteiger partial charge in [0.25, 0.3) is 5.56 Å². The topological polar surface area (TPSA) is 48.0 Å². The number of anilines is 1. The number of hydrogen-bond acceptors (Lipinski definition) is 3. The van der Waals surface area contributed by atoms with Crippen LogP contribution in [0.25, 0.3) is 21.6 Å². The van der Waals surface area contributed by atoms with Crippen molar-refractivity contribution < 1.29 is 0 Å². The number of hydrogen-bond donors (Lipinski definition) is 1. The van der Waals surface area contributed by atoms with Gasteiger partial charge >= 0.3 is 0 Å². The van der Waals surface area contributed by atoms with E-state index in [-0.39, 0.29) is 5.56 Å². The van der Waals surface area contributed by atoms with Crippen LogP contribution in [0.4, 0.5) is 5.69 Å². The van der Waals surface area contributed by atoms with Crippen LogP contribution in [-0.4, -0.2) is 4.57 Å². The molecular weight excluding hydrogens is 328 g/mol. The summed E-state index contributed by atoms with van der Waals surface area (Å²) in [4.78, 5) is 13.0. The molecule has 2 heterocycles. The third-order valence-electron chi connectivity index (χ3n) is 4.07. The van der Waals surface area contributed by atoms with Crippen LogP contribution in [0.3, 0.4) is 0 Å². The summed E-state index contributed by atoms with van der Waals surface area (Å²) >= 11 is 7.94. The van der Waals surface area contributed by atoms with Crippen LogP contribution in [-0.2, 0) is 0 Å². The zero-order valence-corrected chi connectivity index (χ0v) is 13.9. The lowest BCUT2D eigenvalue weighted by Crippen LogP contribution is -2.16. The predicted molar refractivity (Wildman–Crippen MR) is 97.1 cm³/mol.